The van der Waals surface area contributed by atoms with Crippen molar-refractivity contribution in [3.8, 4) is 0 Å². The Morgan fingerprint density at radius 1 is 1.21 bits per heavy atom. The summed E-state index contributed by atoms with van der Waals surface area (Å²) in [5, 5.41) is 3.94. The van der Waals surface area contributed by atoms with E-state index in [4.69, 9.17) is 0 Å². The van der Waals surface area contributed by atoms with Crippen LogP contribution in [0.5, 0.6) is 0 Å². The molecule has 100 valence electrons. The van der Waals surface area contributed by atoms with Crippen LogP contribution in [0.25, 0.3) is 0 Å². The lowest BCUT2D eigenvalue weighted by Gasteiger charge is -2.07. The lowest BCUT2D eigenvalue weighted by atomic mass is 10.1. The minimum atomic E-state index is -4.38. The van der Waals surface area contributed by atoms with Crippen molar-refractivity contribution in [3.05, 3.63) is 53.9 Å². The summed E-state index contributed by atoms with van der Waals surface area (Å²) in [6.07, 6.45) is -0.855. The number of hydrogen-bond acceptors (Lipinski definition) is 2. The van der Waals surface area contributed by atoms with Crippen molar-refractivity contribution in [2.75, 3.05) is 0 Å². The summed E-state index contributed by atoms with van der Waals surface area (Å²) < 4.78 is 38.7. The molecule has 6 heteroatoms. The van der Waals surface area contributed by atoms with E-state index < -0.39 is 11.7 Å². The Bertz CT molecular complexity index is 544. The standard InChI is InChI=1S/C13H11F3N2O/c14-13(15,16)11-4-2-10(3-5-11)12(19)6-9-18-8-1-7-17-18/h1-5,7-8H,6,9H2. The molecule has 1 aromatic heterocycles. The van der Waals surface area contributed by atoms with Gasteiger partial charge in [0.05, 0.1) is 5.56 Å². The predicted octanol–water partition coefficient (Wildman–Crippen LogP) is 3.17. The highest BCUT2D eigenvalue weighted by Gasteiger charge is 2.30. The van der Waals surface area contributed by atoms with Gasteiger partial charge in [0.2, 0.25) is 0 Å². The summed E-state index contributed by atoms with van der Waals surface area (Å²) in [7, 11) is 0. The van der Waals surface area contributed by atoms with Crippen LogP contribution < -0.4 is 0 Å². The zero-order valence-electron chi connectivity index (χ0n) is 9.89. The fourth-order valence-corrected chi connectivity index (χ4v) is 1.64. The van der Waals surface area contributed by atoms with Gasteiger partial charge in [-0.2, -0.15) is 18.3 Å². The van der Waals surface area contributed by atoms with Crippen LogP contribution in [-0.2, 0) is 12.7 Å². The third kappa shape index (κ3) is 3.43. The molecule has 0 N–H and O–H groups in total. The minimum Gasteiger partial charge on any atom is -0.294 e. The smallest absolute Gasteiger partial charge is 0.294 e. The molecule has 0 aliphatic heterocycles. The van der Waals surface area contributed by atoms with Crippen LogP contribution >= 0.6 is 0 Å². The number of carbonyl (C=O) groups excluding carboxylic acids is 1. The number of benzene rings is 1. The summed E-state index contributed by atoms with van der Waals surface area (Å²) in [6.45, 7) is 0.410. The molecule has 0 amide bonds. The first kappa shape index (κ1) is 13.3. The first-order valence-electron chi connectivity index (χ1n) is 5.65. The van der Waals surface area contributed by atoms with Crippen LogP contribution in [0.4, 0.5) is 13.2 Å². The Labute approximate surface area is 107 Å². The zero-order valence-corrected chi connectivity index (χ0v) is 9.89. The minimum absolute atomic E-state index is 0.201. The van der Waals surface area contributed by atoms with Crippen molar-refractivity contribution in [3.63, 3.8) is 0 Å². The van der Waals surface area contributed by atoms with Gasteiger partial charge in [-0.3, -0.25) is 9.48 Å². The number of hydrogen-bond donors (Lipinski definition) is 0. The molecule has 1 aromatic carbocycles. The second-order valence-electron chi connectivity index (χ2n) is 4.02. The molecular formula is C13H11F3N2O. The van der Waals surface area contributed by atoms with Crippen LogP contribution in [0.3, 0.4) is 0 Å². The van der Waals surface area contributed by atoms with Gasteiger partial charge >= 0.3 is 6.18 Å². The van der Waals surface area contributed by atoms with Gasteiger partial charge in [-0.25, -0.2) is 0 Å². The number of Topliss-reactive ketones (excluding diaryl/α,β-unsaturated/α-hetero) is 1. The van der Waals surface area contributed by atoms with Gasteiger partial charge in [0.25, 0.3) is 0 Å². The van der Waals surface area contributed by atoms with Crippen LogP contribution in [0.1, 0.15) is 22.3 Å². The predicted molar refractivity (Wildman–Crippen MR) is 62.6 cm³/mol. The van der Waals surface area contributed by atoms with E-state index in [2.05, 4.69) is 5.10 Å². The quantitative estimate of drug-likeness (QED) is 0.798. The van der Waals surface area contributed by atoms with Crippen molar-refractivity contribution >= 4 is 5.78 Å². The normalized spacial score (nSPS) is 11.5. The maximum atomic E-state index is 12.4. The molecule has 0 fully saturated rings. The van der Waals surface area contributed by atoms with Crippen molar-refractivity contribution in [2.45, 2.75) is 19.1 Å². The molecule has 0 atom stereocenters. The van der Waals surface area contributed by atoms with Gasteiger partial charge in [0.1, 0.15) is 0 Å². The van der Waals surface area contributed by atoms with Crippen LogP contribution in [-0.4, -0.2) is 15.6 Å². The fraction of sp³-hybridized carbons (Fsp3) is 0.231. The first-order valence-corrected chi connectivity index (χ1v) is 5.65. The average Bonchev–Trinajstić information content (AvgIpc) is 2.88. The molecule has 0 aliphatic carbocycles. The third-order valence-electron chi connectivity index (χ3n) is 2.66. The number of rotatable bonds is 4. The zero-order chi connectivity index (χ0) is 13.9. The fourth-order valence-electron chi connectivity index (χ4n) is 1.64. The van der Waals surface area contributed by atoms with E-state index in [0.29, 0.717) is 6.54 Å². The SMILES string of the molecule is O=C(CCn1cccn1)c1ccc(C(F)(F)F)cc1. The molecule has 0 bridgehead atoms. The van der Waals surface area contributed by atoms with Gasteiger partial charge < -0.3 is 0 Å². The Hall–Kier alpha value is -2.11. The third-order valence-corrected chi connectivity index (χ3v) is 2.66. The molecule has 2 aromatic rings. The molecule has 19 heavy (non-hydrogen) atoms. The topological polar surface area (TPSA) is 34.9 Å². The molecule has 1 heterocycles. The van der Waals surface area contributed by atoms with E-state index in [1.807, 2.05) is 0 Å². The van der Waals surface area contributed by atoms with Crippen molar-refractivity contribution in [1.82, 2.24) is 9.78 Å². The summed E-state index contributed by atoms with van der Waals surface area (Å²) in [5.41, 5.74) is -0.476. The number of aryl methyl sites for hydroxylation is 1. The number of nitrogens with zero attached hydrogens (tertiary/aromatic N) is 2. The van der Waals surface area contributed by atoms with Gasteiger partial charge in [-0.05, 0) is 18.2 Å². The second kappa shape index (κ2) is 5.26. The Balaban J connectivity index is 2.00. The largest absolute Gasteiger partial charge is 0.416 e. The van der Waals surface area contributed by atoms with Crippen LogP contribution in [0.2, 0.25) is 0 Å². The Kier molecular flexibility index (Phi) is 3.69. The number of halogens is 3. The summed E-state index contributed by atoms with van der Waals surface area (Å²) in [4.78, 5) is 11.8. The van der Waals surface area contributed by atoms with Gasteiger partial charge in [-0.15, -0.1) is 0 Å². The number of alkyl halides is 3. The number of carbonyl (C=O) groups is 1. The van der Waals surface area contributed by atoms with E-state index >= 15 is 0 Å². The molecule has 0 radical (unpaired) electrons. The summed E-state index contributed by atoms with van der Waals surface area (Å²) in [6, 6.07) is 5.98. The Morgan fingerprint density at radius 3 is 2.42 bits per heavy atom. The lowest BCUT2D eigenvalue weighted by Crippen LogP contribution is -2.08. The molecule has 0 spiro atoms. The van der Waals surface area contributed by atoms with Crippen LogP contribution in [0.15, 0.2) is 42.7 Å². The van der Waals surface area contributed by atoms with Crippen molar-refractivity contribution in [1.29, 1.82) is 0 Å². The second-order valence-corrected chi connectivity index (χ2v) is 4.02. The molecule has 2 rings (SSSR count). The first-order chi connectivity index (χ1) is 8.97. The van der Waals surface area contributed by atoms with Gasteiger partial charge in [-0.1, -0.05) is 12.1 Å². The van der Waals surface area contributed by atoms with E-state index in [1.54, 1.807) is 23.1 Å². The van der Waals surface area contributed by atoms with Crippen molar-refractivity contribution in [2.24, 2.45) is 0 Å². The molecule has 0 aliphatic rings. The molecule has 0 saturated carbocycles. The Morgan fingerprint density at radius 2 is 1.89 bits per heavy atom. The monoisotopic (exact) mass is 268 g/mol. The van der Waals surface area contributed by atoms with Crippen molar-refractivity contribution < 1.29 is 18.0 Å². The molecule has 0 saturated heterocycles. The number of aromatic nitrogens is 2. The van der Waals surface area contributed by atoms with E-state index in [9.17, 15) is 18.0 Å². The molecule has 3 nitrogen and oxygen atoms in total. The highest BCUT2D eigenvalue weighted by atomic mass is 19.4. The summed E-state index contributed by atoms with van der Waals surface area (Å²) >= 11 is 0. The van der Waals surface area contributed by atoms with Gasteiger partial charge in [0.15, 0.2) is 5.78 Å². The summed E-state index contributed by atoms with van der Waals surface area (Å²) in [5.74, 6) is -0.204. The number of ketones is 1. The van der Waals surface area contributed by atoms with Gasteiger partial charge in [0, 0.05) is 30.9 Å². The van der Waals surface area contributed by atoms with E-state index in [0.717, 1.165) is 12.1 Å². The van der Waals surface area contributed by atoms with E-state index in [-0.39, 0.29) is 17.8 Å². The van der Waals surface area contributed by atoms with Crippen LogP contribution in [0, 0.1) is 0 Å². The van der Waals surface area contributed by atoms with E-state index in [1.165, 1.54) is 12.1 Å². The lowest BCUT2D eigenvalue weighted by molar-refractivity contribution is -0.137. The highest BCUT2D eigenvalue weighted by Crippen LogP contribution is 2.29. The maximum absolute atomic E-state index is 12.4. The molecular weight excluding hydrogens is 257 g/mol. The average molecular weight is 268 g/mol. The highest BCUT2D eigenvalue weighted by molar-refractivity contribution is 5.96. The maximum Gasteiger partial charge on any atom is 0.416 e. The molecule has 0 unspecified atom stereocenters.